The zero-order valence-electron chi connectivity index (χ0n) is 21.1. The lowest BCUT2D eigenvalue weighted by Gasteiger charge is -2.22. The number of aromatic nitrogens is 4. The molecular weight excluding hydrogens is 511 g/mol. The Morgan fingerprint density at radius 1 is 1.15 bits per heavy atom. The lowest BCUT2D eigenvalue weighted by atomic mass is 10.0. The molecule has 0 aliphatic rings. The van der Waals surface area contributed by atoms with E-state index in [-0.39, 0.29) is 57.2 Å². The van der Waals surface area contributed by atoms with Gasteiger partial charge in [-0.3, -0.25) is 15.2 Å². The molecule has 2 aromatic heterocycles. The Balaban J connectivity index is 1.91. The van der Waals surface area contributed by atoms with Crippen molar-refractivity contribution in [1.82, 2.24) is 19.7 Å². The number of carbonyl (C=O) groups excluding carboxylic acids is 1. The van der Waals surface area contributed by atoms with E-state index in [1.165, 1.54) is 51.6 Å². The van der Waals surface area contributed by atoms with E-state index in [9.17, 15) is 9.59 Å². The van der Waals surface area contributed by atoms with Crippen LogP contribution in [0.15, 0.2) is 53.5 Å². The van der Waals surface area contributed by atoms with Gasteiger partial charge in [-0.1, -0.05) is 0 Å². The monoisotopic (exact) mass is 536 g/mol. The molecule has 0 radical (unpaired) electrons. The molecule has 1 atom stereocenters. The van der Waals surface area contributed by atoms with Gasteiger partial charge in [-0.15, -0.1) is 5.10 Å². The van der Waals surface area contributed by atoms with Crippen LogP contribution >= 0.6 is 0 Å². The quantitative estimate of drug-likeness (QED) is 0.0914. The van der Waals surface area contributed by atoms with Crippen LogP contribution in [0.2, 0.25) is 0 Å². The highest BCUT2D eigenvalue weighted by Crippen LogP contribution is 2.37. The minimum absolute atomic E-state index is 0.00645. The van der Waals surface area contributed by atoms with Crippen LogP contribution in [-0.2, 0) is 4.79 Å². The number of anilines is 2. The molecule has 2 heterocycles. The van der Waals surface area contributed by atoms with E-state index in [1.807, 2.05) is 0 Å². The molecule has 13 nitrogen and oxygen atoms in total. The summed E-state index contributed by atoms with van der Waals surface area (Å²) in [6, 6.07) is 8.87. The Morgan fingerprint density at radius 2 is 1.87 bits per heavy atom. The number of H-pyrrole nitrogens is 1. The highest BCUT2D eigenvalue weighted by Gasteiger charge is 2.27. The molecule has 7 N–H and O–H groups in total. The normalized spacial score (nSPS) is 11.5. The van der Waals surface area contributed by atoms with Gasteiger partial charge in [-0.05, 0) is 36.4 Å². The third-order valence-electron chi connectivity index (χ3n) is 5.59. The second-order valence-electron chi connectivity index (χ2n) is 8.17. The molecule has 0 saturated carbocycles. The van der Waals surface area contributed by atoms with Gasteiger partial charge in [0.15, 0.2) is 28.9 Å². The number of nitrogen functional groups attached to an aromatic ring is 2. The van der Waals surface area contributed by atoms with Crippen LogP contribution in [0, 0.1) is 11.2 Å². The molecule has 4 aromatic rings. The van der Waals surface area contributed by atoms with Gasteiger partial charge < -0.3 is 31.0 Å². The number of aromatic amines is 1. The molecule has 0 bridgehead atoms. The molecule has 1 unspecified atom stereocenters. The number of carbonyl (C=O) groups is 1. The van der Waals surface area contributed by atoms with Crippen molar-refractivity contribution in [2.45, 2.75) is 13.0 Å². The molecule has 0 spiro atoms. The van der Waals surface area contributed by atoms with Gasteiger partial charge in [0.1, 0.15) is 17.7 Å². The second kappa shape index (κ2) is 10.9. The first kappa shape index (κ1) is 26.7. The number of rotatable bonds is 9. The molecule has 0 aliphatic carbocycles. The number of halogens is 1. The first-order valence-electron chi connectivity index (χ1n) is 11.4. The maximum absolute atomic E-state index is 15.5. The number of amidine groups is 1. The van der Waals surface area contributed by atoms with Gasteiger partial charge in [0.2, 0.25) is 0 Å². The fourth-order valence-electron chi connectivity index (χ4n) is 3.79. The van der Waals surface area contributed by atoms with Gasteiger partial charge in [0, 0.05) is 30.3 Å². The van der Waals surface area contributed by atoms with Crippen LogP contribution in [0.3, 0.4) is 0 Å². The van der Waals surface area contributed by atoms with Gasteiger partial charge in [0.05, 0.1) is 25.6 Å². The number of benzene rings is 2. The zero-order chi connectivity index (χ0) is 28.3. The average Bonchev–Trinajstić information content (AvgIpc) is 3.28. The molecule has 39 heavy (non-hydrogen) atoms. The van der Waals surface area contributed by atoms with Gasteiger partial charge in [-0.25, -0.2) is 14.2 Å². The van der Waals surface area contributed by atoms with E-state index in [2.05, 4.69) is 20.4 Å². The maximum atomic E-state index is 15.5. The third-order valence-corrected chi connectivity index (χ3v) is 5.59. The van der Waals surface area contributed by atoms with Gasteiger partial charge in [0.25, 0.3) is 0 Å². The number of nitrogens with one attached hydrogen (secondary N) is 3. The number of methoxy groups -OCH3 is 2. The van der Waals surface area contributed by atoms with Gasteiger partial charge >= 0.3 is 11.7 Å². The van der Waals surface area contributed by atoms with Crippen molar-refractivity contribution in [3.8, 4) is 23.1 Å². The average molecular weight is 537 g/mol. The summed E-state index contributed by atoms with van der Waals surface area (Å²) in [5.74, 6) is -1.20. The van der Waals surface area contributed by atoms with Crippen LogP contribution in [0.1, 0.15) is 29.9 Å². The van der Waals surface area contributed by atoms with Crippen molar-refractivity contribution in [1.29, 1.82) is 5.41 Å². The van der Waals surface area contributed by atoms with Crippen molar-refractivity contribution in [3.63, 3.8) is 0 Å². The smallest absolute Gasteiger partial charge is 0.349 e. The van der Waals surface area contributed by atoms with E-state index in [1.54, 1.807) is 12.1 Å². The number of hydrogen-bond donors (Lipinski definition) is 5. The zero-order valence-corrected chi connectivity index (χ0v) is 21.1. The number of hydrogen-bond acceptors (Lipinski definition) is 10. The SMILES string of the molecule is COc1cc(F)c(C(Nc2ccc(C(=N)N)cc2OC(C)=O)c2nn(-c3ncccc3N)c(=O)[nH]2)cc1OC. The summed E-state index contributed by atoms with van der Waals surface area (Å²) in [4.78, 5) is 31.4. The van der Waals surface area contributed by atoms with E-state index < -0.39 is 23.5 Å². The lowest BCUT2D eigenvalue weighted by Crippen LogP contribution is -2.18. The van der Waals surface area contributed by atoms with Crippen LogP contribution < -0.4 is 36.7 Å². The summed E-state index contributed by atoms with van der Waals surface area (Å²) in [5.41, 5.74) is 11.6. The van der Waals surface area contributed by atoms with Crippen LogP contribution in [0.4, 0.5) is 15.8 Å². The van der Waals surface area contributed by atoms with Crippen LogP contribution in [-0.4, -0.2) is 45.8 Å². The Kier molecular flexibility index (Phi) is 7.46. The predicted octanol–water partition coefficient (Wildman–Crippen LogP) is 2.10. The highest BCUT2D eigenvalue weighted by molar-refractivity contribution is 5.96. The first-order valence-corrected chi connectivity index (χ1v) is 11.4. The number of nitrogens with zero attached hydrogens (tertiary/aromatic N) is 3. The molecule has 0 saturated heterocycles. The predicted molar refractivity (Wildman–Crippen MR) is 140 cm³/mol. The number of nitrogens with two attached hydrogens (primary N) is 2. The second-order valence-corrected chi connectivity index (χ2v) is 8.17. The molecule has 4 rings (SSSR count). The van der Waals surface area contributed by atoms with Crippen molar-refractivity contribution < 1.29 is 23.4 Å². The lowest BCUT2D eigenvalue weighted by molar-refractivity contribution is -0.131. The molecule has 2 aromatic carbocycles. The fourth-order valence-corrected chi connectivity index (χ4v) is 3.79. The topological polar surface area (TPSA) is 196 Å². The summed E-state index contributed by atoms with van der Waals surface area (Å²) in [6.07, 6.45) is 1.44. The van der Waals surface area contributed by atoms with Gasteiger partial charge in [-0.2, -0.15) is 4.68 Å². The Hall–Kier alpha value is -5.40. The summed E-state index contributed by atoms with van der Waals surface area (Å²) < 4.78 is 32.3. The van der Waals surface area contributed by atoms with Crippen LogP contribution in [0.25, 0.3) is 5.82 Å². The number of esters is 1. The minimum Gasteiger partial charge on any atom is -0.493 e. The number of ether oxygens (including phenoxy) is 3. The highest BCUT2D eigenvalue weighted by atomic mass is 19.1. The third kappa shape index (κ3) is 5.49. The Morgan fingerprint density at radius 3 is 2.51 bits per heavy atom. The molecule has 0 amide bonds. The van der Waals surface area contributed by atoms with Crippen LogP contribution in [0.5, 0.6) is 17.2 Å². The standard InChI is InChI=1S/C25H25FN8O5/c1-12(35)39-18-9-13(22(28)29)6-7-17(18)31-21(14-10-19(37-2)20(38-3)11-15(14)26)23-32-25(36)34(33-23)24-16(27)5-4-8-30-24/h4-11,21,31H,27H2,1-3H3,(H3,28,29)(H,32,33,36). The summed E-state index contributed by atoms with van der Waals surface area (Å²) in [6.45, 7) is 1.20. The summed E-state index contributed by atoms with van der Waals surface area (Å²) in [5, 5.41) is 15.1. The molecule has 202 valence electrons. The number of pyridine rings is 1. The first-order chi connectivity index (χ1) is 18.6. The molecule has 0 fully saturated rings. The van der Waals surface area contributed by atoms with Crippen molar-refractivity contribution in [3.05, 3.63) is 81.9 Å². The van der Waals surface area contributed by atoms with Crippen molar-refractivity contribution >= 4 is 23.2 Å². The molecule has 0 aliphatic heterocycles. The largest absolute Gasteiger partial charge is 0.493 e. The van der Waals surface area contributed by atoms with E-state index >= 15 is 4.39 Å². The van der Waals surface area contributed by atoms with Crippen molar-refractivity contribution in [2.24, 2.45) is 5.73 Å². The fraction of sp³-hybridized carbons (Fsp3) is 0.160. The maximum Gasteiger partial charge on any atom is 0.349 e. The minimum atomic E-state index is -1.17. The Bertz CT molecular complexity index is 1620. The van der Waals surface area contributed by atoms with E-state index in [4.69, 9.17) is 31.1 Å². The van der Waals surface area contributed by atoms with E-state index in [0.717, 1.165) is 10.7 Å². The molecular formula is C25H25FN8O5. The summed E-state index contributed by atoms with van der Waals surface area (Å²) in [7, 11) is 2.76. The van der Waals surface area contributed by atoms with Crippen molar-refractivity contribution in [2.75, 3.05) is 25.3 Å². The Labute approximate surface area is 221 Å². The van der Waals surface area contributed by atoms with E-state index in [0.29, 0.717) is 0 Å². The summed E-state index contributed by atoms with van der Waals surface area (Å²) >= 11 is 0. The molecule has 14 heteroatoms.